The Morgan fingerprint density at radius 3 is 2.42 bits per heavy atom. The van der Waals surface area contributed by atoms with Crippen molar-refractivity contribution in [2.45, 2.75) is 64.0 Å². The molecule has 2 aliphatic rings. The Hall–Kier alpha value is -2.18. The first-order valence-corrected chi connectivity index (χ1v) is 12.8. The van der Waals surface area contributed by atoms with Crippen LogP contribution in [0.3, 0.4) is 0 Å². The molecule has 2 heterocycles. The fourth-order valence-electron chi connectivity index (χ4n) is 5.62. The fourth-order valence-corrected chi connectivity index (χ4v) is 5.62. The number of amides is 1. The van der Waals surface area contributed by atoms with Crippen molar-refractivity contribution in [1.82, 2.24) is 14.8 Å². The first-order chi connectivity index (χ1) is 16.0. The first-order valence-electron chi connectivity index (χ1n) is 12.8. The number of carbonyl (C=O) groups excluding carboxylic acids is 1. The molecule has 1 saturated carbocycles. The van der Waals surface area contributed by atoms with E-state index in [9.17, 15) is 4.79 Å². The smallest absolute Gasteiger partial charge is 0.255 e. The summed E-state index contributed by atoms with van der Waals surface area (Å²) in [7, 11) is 6.26. The van der Waals surface area contributed by atoms with Crippen molar-refractivity contribution in [1.29, 1.82) is 0 Å². The van der Waals surface area contributed by atoms with Crippen LogP contribution in [0.2, 0.25) is 0 Å². The average Bonchev–Trinajstić information content (AvgIpc) is 2.86. The second kappa shape index (κ2) is 10.8. The number of carbonyl (C=O) groups is 1. The van der Waals surface area contributed by atoms with E-state index in [1.165, 1.54) is 25.7 Å². The van der Waals surface area contributed by atoms with E-state index in [2.05, 4.69) is 23.9 Å². The van der Waals surface area contributed by atoms with Gasteiger partial charge in [-0.1, -0.05) is 37.5 Å². The zero-order valence-corrected chi connectivity index (χ0v) is 20.7. The van der Waals surface area contributed by atoms with Gasteiger partial charge in [-0.3, -0.25) is 4.79 Å². The number of nitrogens with two attached hydrogens (primary N) is 1. The van der Waals surface area contributed by atoms with E-state index in [1.807, 2.05) is 36.2 Å². The summed E-state index contributed by atoms with van der Waals surface area (Å²) >= 11 is 0. The molecule has 1 saturated heterocycles. The first kappa shape index (κ1) is 24.0. The Morgan fingerprint density at radius 1 is 1.06 bits per heavy atom. The van der Waals surface area contributed by atoms with Crippen molar-refractivity contribution in [2.75, 3.05) is 45.7 Å². The van der Waals surface area contributed by atoms with E-state index >= 15 is 0 Å². The maximum atomic E-state index is 13.9. The van der Waals surface area contributed by atoms with E-state index in [0.29, 0.717) is 12.6 Å². The van der Waals surface area contributed by atoms with Crippen LogP contribution in [0.5, 0.6) is 0 Å². The van der Waals surface area contributed by atoms with Crippen LogP contribution in [0.25, 0.3) is 10.9 Å². The third-order valence-corrected chi connectivity index (χ3v) is 7.73. The molecule has 1 aliphatic carbocycles. The Labute approximate surface area is 199 Å². The number of hydrogen-bond donors (Lipinski definition) is 1. The maximum Gasteiger partial charge on any atom is 0.255 e. The van der Waals surface area contributed by atoms with Crippen LogP contribution in [0.1, 0.15) is 67.3 Å². The molecule has 0 spiro atoms. The summed E-state index contributed by atoms with van der Waals surface area (Å²) in [6.45, 7) is 3.41. The molecule has 6 heteroatoms. The van der Waals surface area contributed by atoms with Crippen LogP contribution in [-0.4, -0.2) is 67.5 Å². The van der Waals surface area contributed by atoms with Crippen LogP contribution in [-0.2, 0) is 6.54 Å². The maximum absolute atomic E-state index is 13.9. The molecule has 0 bridgehead atoms. The average molecular weight is 452 g/mol. The number of hydrogen-bond acceptors (Lipinski definition) is 5. The zero-order chi connectivity index (χ0) is 23.4. The number of pyridine rings is 1. The van der Waals surface area contributed by atoms with Crippen LogP contribution >= 0.6 is 0 Å². The normalized spacial score (nSPS) is 18.3. The molecule has 2 fully saturated rings. The second-order valence-corrected chi connectivity index (χ2v) is 10.2. The Balaban J connectivity index is 1.65. The van der Waals surface area contributed by atoms with Gasteiger partial charge in [0.1, 0.15) is 5.82 Å². The number of rotatable bonds is 7. The molecule has 2 N–H and O–H groups in total. The fraction of sp³-hybridized carbons (Fsp3) is 0.630. The molecule has 180 valence electrons. The topological polar surface area (TPSA) is 65.7 Å². The van der Waals surface area contributed by atoms with Gasteiger partial charge in [-0.25, -0.2) is 4.98 Å². The van der Waals surface area contributed by atoms with Crippen molar-refractivity contribution >= 4 is 22.6 Å². The molecule has 1 amide bonds. The highest BCUT2D eigenvalue weighted by Crippen LogP contribution is 2.34. The van der Waals surface area contributed by atoms with Gasteiger partial charge in [0.15, 0.2) is 0 Å². The summed E-state index contributed by atoms with van der Waals surface area (Å²) in [5, 5.41) is 0.926. The van der Waals surface area contributed by atoms with E-state index in [0.717, 1.165) is 79.1 Å². The van der Waals surface area contributed by atoms with E-state index in [-0.39, 0.29) is 5.91 Å². The van der Waals surface area contributed by atoms with Gasteiger partial charge in [-0.2, -0.15) is 0 Å². The van der Waals surface area contributed by atoms with Crippen molar-refractivity contribution in [3.8, 4) is 0 Å². The highest BCUT2D eigenvalue weighted by molar-refractivity contribution is 6.08. The SMILES string of the molecule is CN(C)CCC1CCN(c2nc3ccccc3c(C(=O)N(C)C3CCCCC3)c2CN)CC1. The molecule has 1 aliphatic heterocycles. The number of piperidine rings is 1. The van der Waals surface area contributed by atoms with Gasteiger partial charge in [0, 0.05) is 43.7 Å². The van der Waals surface area contributed by atoms with Crippen molar-refractivity contribution in [3.05, 3.63) is 35.4 Å². The molecule has 6 nitrogen and oxygen atoms in total. The predicted octanol–water partition coefficient (Wildman–Crippen LogP) is 4.27. The number of anilines is 1. The molecule has 0 atom stereocenters. The van der Waals surface area contributed by atoms with Crippen molar-refractivity contribution < 1.29 is 4.79 Å². The summed E-state index contributed by atoms with van der Waals surface area (Å²) < 4.78 is 0. The summed E-state index contributed by atoms with van der Waals surface area (Å²) in [6.07, 6.45) is 9.45. The third-order valence-electron chi connectivity index (χ3n) is 7.73. The summed E-state index contributed by atoms with van der Waals surface area (Å²) in [4.78, 5) is 25.6. The van der Waals surface area contributed by atoms with Gasteiger partial charge in [-0.15, -0.1) is 0 Å². The number of aromatic nitrogens is 1. The summed E-state index contributed by atoms with van der Waals surface area (Å²) in [5.74, 6) is 1.77. The predicted molar refractivity (Wildman–Crippen MR) is 137 cm³/mol. The summed E-state index contributed by atoms with van der Waals surface area (Å²) in [6, 6.07) is 8.38. The van der Waals surface area contributed by atoms with Gasteiger partial charge < -0.3 is 20.4 Å². The van der Waals surface area contributed by atoms with Gasteiger partial charge in [0.2, 0.25) is 0 Å². The third kappa shape index (κ3) is 5.33. The largest absolute Gasteiger partial charge is 0.356 e. The van der Waals surface area contributed by atoms with Crippen molar-refractivity contribution in [2.24, 2.45) is 11.7 Å². The minimum Gasteiger partial charge on any atom is -0.356 e. The molecule has 2 aromatic rings. The quantitative estimate of drug-likeness (QED) is 0.681. The summed E-state index contributed by atoms with van der Waals surface area (Å²) in [5.41, 5.74) is 8.89. The molecule has 0 unspecified atom stereocenters. The second-order valence-electron chi connectivity index (χ2n) is 10.2. The molecule has 4 rings (SSSR count). The molecular formula is C27H41N5O. The van der Waals surface area contributed by atoms with Gasteiger partial charge in [0.05, 0.1) is 11.1 Å². The Kier molecular flexibility index (Phi) is 7.86. The highest BCUT2D eigenvalue weighted by Gasteiger charge is 2.30. The van der Waals surface area contributed by atoms with Crippen LogP contribution in [0, 0.1) is 5.92 Å². The van der Waals surface area contributed by atoms with Crippen LogP contribution < -0.4 is 10.6 Å². The number of fused-ring (bicyclic) bond motifs is 1. The monoisotopic (exact) mass is 451 g/mol. The lowest BCUT2D eigenvalue weighted by Gasteiger charge is -2.36. The molecule has 1 aromatic carbocycles. The number of benzene rings is 1. The standard InChI is InChI=1S/C27H41N5O/c1-30(2)16-13-20-14-17-32(18-15-20)26-23(19-28)25(22-11-7-8-12-24(22)29-26)27(33)31(3)21-9-5-4-6-10-21/h7-8,11-12,20-21H,4-6,9-10,13-19,28H2,1-3H3. The van der Waals surface area contributed by atoms with Crippen LogP contribution in [0.15, 0.2) is 24.3 Å². The zero-order valence-electron chi connectivity index (χ0n) is 20.7. The lowest BCUT2D eigenvalue weighted by molar-refractivity contribution is 0.0697. The minimum atomic E-state index is 0.100. The van der Waals surface area contributed by atoms with Gasteiger partial charge >= 0.3 is 0 Å². The lowest BCUT2D eigenvalue weighted by Crippen LogP contribution is -2.40. The Morgan fingerprint density at radius 2 is 1.76 bits per heavy atom. The lowest BCUT2D eigenvalue weighted by atomic mass is 9.92. The molecular weight excluding hydrogens is 410 g/mol. The van der Waals surface area contributed by atoms with Gasteiger partial charge in [0.25, 0.3) is 5.91 Å². The molecule has 1 aromatic heterocycles. The van der Waals surface area contributed by atoms with E-state index in [4.69, 9.17) is 10.7 Å². The molecule has 0 radical (unpaired) electrons. The Bertz CT molecular complexity index is 945. The molecule has 33 heavy (non-hydrogen) atoms. The number of nitrogens with zero attached hydrogens (tertiary/aromatic N) is 4. The van der Waals surface area contributed by atoms with Crippen molar-refractivity contribution in [3.63, 3.8) is 0 Å². The van der Waals surface area contributed by atoms with E-state index < -0.39 is 0 Å². The van der Waals surface area contributed by atoms with E-state index in [1.54, 1.807) is 0 Å². The minimum absolute atomic E-state index is 0.100. The van der Waals surface area contributed by atoms with Crippen LogP contribution in [0.4, 0.5) is 5.82 Å². The van der Waals surface area contributed by atoms with Gasteiger partial charge in [-0.05, 0) is 64.7 Å². The number of para-hydroxylation sites is 1. The highest BCUT2D eigenvalue weighted by atomic mass is 16.2.